The molecule has 0 aliphatic rings. The summed E-state index contributed by atoms with van der Waals surface area (Å²) in [6.07, 6.45) is 2.57. The van der Waals surface area contributed by atoms with Crippen molar-refractivity contribution in [3.05, 3.63) is 45.1 Å². The van der Waals surface area contributed by atoms with E-state index >= 15 is 0 Å². The Morgan fingerprint density at radius 2 is 2.29 bits per heavy atom. The monoisotopic (exact) mass is 268 g/mol. The fraction of sp³-hybridized carbons (Fsp3) is 0.333. The van der Waals surface area contributed by atoms with Crippen molar-refractivity contribution in [3.63, 3.8) is 0 Å². The third-order valence-electron chi connectivity index (χ3n) is 2.41. The van der Waals surface area contributed by atoms with Crippen molar-refractivity contribution in [2.24, 2.45) is 0 Å². The van der Waals surface area contributed by atoms with Gasteiger partial charge in [0, 0.05) is 23.1 Å². The molecule has 2 aromatic heterocycles. The number of aromatic nitrogens is 2. The topological polar surface area (TPSA) is 35.0 Å². The predicted molar refractivity (Wildman–Crippen MR) is 69.5 cm³/mol. The number of rotatable bonds is 5. The summed E-state index contributed by atoms with van der Waals surface area (Å²) in [5.41, 5.74) is 3.89. The van der Waals surface area contributed by atoms with Gasteiger partial charge in [-0.15, -0.1) is 11.3 Å². The van der Waals surface area contributed by atoms with Crippen LogP contribution in [0.4, 0.5) is 0 Å². The molecule has 2 aromatic rings. The minimum absolute atomic E-state index is 0.504. The molecule has 0 saturated heterocycles. The maximum atomic E-state index is 5.93. The molecule has 0 aliphatic carbocycles. The smallest absolute Gasteiger partial charge is 0.134 e. The zero-order chi connectivity index (χ0) is 12.1. The lowest BCUT2D eigenvalue weighted by molar-refractivity contribution is 0.124. The number of thiazole rings is 1. The first kappa shape index (κ1) is 12.5. The maximum absolute atomic E-state index is 5.93. The molecular weight excluding hydrogens is 256 g/mol. The van der Waals surface area contributed by atoms with Crippen LogP contribution < -0.4 is 0 Å². The lowest BCUT2D eigenvalue weighted by atomic mass is 10.3. The quantitative estimate of drug-likeness (QED) is 0.617. The van der Waals surface area contributed by atoms with E-state index in [9.17, 15) is 0 Å². The van der Waals surface area contributed by atoms with E-state index in [4.69, 9.17) is 16.3 Å². The van der Waals surface area contributed by atoms with Gasteiger partial charge < -0.3 is 4.74 Å². The van der Waals surface area contributed by atoms with E-state index in [-0.39, 0.29) is 0 Å². The van der Waals surface area contributed by atoms with Gasteiger partial charge in [0.05, 0.1) is 24.4 Å². The van der Waals surface area contributed by atoms with Crippen LogP contribution in [0.3, 0.4) is 0 Å². The fourth-order valence-corrected chi connectivity index (χ4v) is 2.38. The van der Waals surface area contributed by atoms with E-state index in [1.807, 2.05) is 24.6 Å². The van der Waals surface area contributed by atoms with Crippen molar-refractivity contribution < 1.29 is 4.74 Å². The molecule has 0 spiro atoms. The number of halogens is 1. The molecule has 0 N–H and O–H groups in total. The maximum Gasteiger partial charge on any atom is 0.134 e. The first-order chi connectivity index (χ1) is 8.27. The first-order valence-corrected chi connectivity index (χ1v) is 6.59. The second kappa shape index (κ2) is 6.10. The highest BCUT2D eigenvalue weighted by atomic mass is 35.5. The van der Waals surface area contributed by atoms with Gasteiger partial charge >= 0.3 is 0 Å². The summed E-state index contributed by atoms with van der Waals surface area (Å²) >= 11 is 7.60. The second-order valence-electron chi connectivity index (χ2n) is 3.62. The summed E-state index contributed by atoms with van der Waals surface area (Å²) in [4.78, 5) is 9.48. The Morgan fingerprint density at radius 1 is 1.41 bits per heavy atom. The Hall–Kier alpha value is -0.970. The van der Waals surface area contributed by atoms with Gasteiger partial charge in [-0.1, -0.05) is 17.7 Å². The van der Waals surface area contributed by atoms with Gasteiger partial charge in [-0.2, -0.15) is 0 Å². The van der Waals surface area contributed by atoms with Crippen molar-refractivity contribution in [2.45, 2.75) is 20.0 Å². The number of aryl methyl sites for hydroxylation is 1. The van der Waals surface area contributed by atoms with Crippen LogP contribution in [0.25, 0.3) is 0 Å². The van der Waals surface area contributed by atoms with Gasteiger partial charge in [0.2, 0.25) is 0 Å². The van der Waals surface area contributed by atoms with Gasteiger partial charge in [0.25, 0.3) is 0 Å². The third-order valence-corrected chi connectivity index (χ3v) is 3.75. The van der Waals surface area contributed by atoms with E-state index in [0.717, 1.165) is 17.7 Å². The van der Waals surface area contributed by atoms with Gasteiger partial charge in [-0.3, -0.25) is 0 Å². The van der Waals surface area contributed by atoms with Gasteiger partial charge in [-0.05, 0) is 13.0 Å². The number of ether oxygens (including phenoxy) is 1. The second-order valence-corrected chi connectivity index (χ2v) is 4.91. The summed E-state index contributed by atoms with van der Waals surface area (Å²) in [7, 11) is 0. The molecular formula is C12H13ClN2OS. The van der Waals surface area contributed by atoms with Crippen LogP contribution in [-0.2, 0) is 17.8 Å². The lowest BCUT2D eigenvalue weighted by Crippen LogP contribution is -2.00. The fourth-order valence-electron chi connectivity index (χ4n) is 1.44. The summed E-state index contributed by atoms with van der Waals surface area (Å²) in [6.45, 7) is 3.20. The van der Waals surface area contributed by atoms with Crippen LogP contribution in [0.1, 0.15) is 16.1 Å². The summed E-state index contributed by atoms with van der Waals surface area (Å²) < 4.78 is 5.58. The van der Waals surface area contributed by atoms with E-state index in [0.29, 0.717) is 18.4 Å². The molecule has 90 valence electrons. The Kier molecular flexibility index (Phi) is 4.48. The van der Waals surface area contributed by atoms with Crippen molar-refractivity contribution in [1.82, 2.24) is 9.97 Å². The highest BCUT2D eigenvalue weighted by Crippen LogP contribution is 2.15. The molecule has 0 amide bonds. The van der Waals surface area contributed by atoms with Crippen molar-refractivity contribution in [3.8, 4) is 0 Å². The third kappa shape index (κ3) is 3.49. The average Bonchev–Trinajstić information content (AvgIpc) is 2.73. The molecule has 3 nitrogen and oxygen atoms in total. The van der Waals surface area contributed by atoms with Crippen molar-refractivity contribution in [2.75, 3.05) is 6.61 Å². The molecule has 5 heteroatoms. The van der Waals surface area contributed by atoms with Crippen LogP contribution in [0.15, 0.2) is 23.8 Å². The molecule has 2 heterocycles. The SMILES string of the molecule is Cc1ncsc1CCOCc1cccnc1Cl. The largest absolute Gasteiger partial charge is 0.376 e. The molecule has 0 bridgehead atoms. The average molecular weight is 269 g/mol. The van der Waals surface area contributed by atoms with Crippen LogP contribution in [-0.4, -0.2) is 16.6 Å². The highest BCUT2D eigenvalue weighted by Gasteiger charge is 2.03. The number of nitrogens with zero attached hydrogens (tertiary/aromatic N) is 2. The number of hydrogen-bond acceptors (Lipinski definition) is 4. The lowest BCUT2D eigenvalue weighted by Gasteiger charge is -2.04. The highest BCUT2D eigenvalue weighted by molar-refractivity contribution is 7.09. The molecule has 0 aromatic carbocycles. The summed E-state index contributed by atoms with van der Waals surface area (Å²) in [6, 6.07) is 3.78. The zero-order valence-corrected chi connectivity index (χ0v) is 11.1. The van der Waals surface area contributed by atoms with Crippen molar-refractivity contribution >= 4 is 22.9 Å². The molecule has 0 atom stereocenters. The van der Waals surface area contributed by atoms with Gasteiger partial charge in [0.1, 0.15) is 5.15 Å². The van der Waals surface area contributed by atoms with Crippen LogP contribution >= 0.6 is 22.9 Å². The normalized spacial score (nSPS) is 10.7. The van der Waals surface area contributed by atoms with E-state index < -0.39 is 0 Å². The predicted octanol–water partition coefficient (Wildman–Crippen LogP) is 3.26. The van der Waals surface area contributed by atoms with E-state index in [2.05, 4.69) is 9.97 Å². The Morgan fingerprint density at radius 3 is 3.00 bits per heavy atom. The Balaban J connectivity index is 1.77. The van der Waals surface area contributed by atoms with E-state index in [1.54, 1.807) is 17.5 Å². The minimum atomic E-state index is 0.504. The van der Waals surface area contributed by atoms with Gasteiger partial charge in [-0.25, -0.2) is 9.97 Å². The number of pyridine rings is 1. The Labute approximate surface area is 109 Å². The molecule has 0 unspecified atom stereocenters. The molecule has 0 saturated carbocycles. The van der Waals surface area contributed by atoms with Crippen LogP contribution in [0, 0.1) is 6.92 Å². The molecule has 17 heavy (non-hydrogen) atoms. The number of hydrogen-bond donors (Lipinski definition) is 0. The summed E-state index contributed by atoms with van der Waals surface area (Å²) in [5.74, 6) is 0. The molecule has 0 fully saturated rings. The Bertz CT molecular complexity index is 487. The minimum Gasteiger partial charge on any atom is -0.376 e. The van der Waals surface area contributed by atoms with Crippen molar-refractivity contribution in [1.29, 1.82) is 0 Å². The van der Waals surface area contributed by atoms with E-state index in [1.165, 1.54) is 4.88 Å². The zero-order valence-electron chi connectivity index (χ0n) is 9.52. The molecule has 2 rings (SSSR count). The first-order valence-electron chi connectivity index (χ1n) is 5.33. The van der Waals surface area contributed by atoms with Gasteiger partial charge in [0.15, 0.2) is 0 Å². The standard InChI is InChI=1S/C12H13ClN2OS/c1-9-11(17-8-15-9)4-6-16-7-10-3-2-5-14-12(10)13/h2-3,5,8H,4,6-7H2,1H3. The van der Waals surface area contributed by atoms with Crippen LogP contribution in [0.2, 0.25) is 5.15 Å². The summed E-state index contributed by atoms with van der Waals surface area (Å²) in [5, 5.41) is 0.515. The van der Waals surface area contributed by atoms with Crippen LogP contribution in [0.5, 0.6) is 0 Å². The molecule has 0 aliphatic heterocycles. The molecule has 0 radical (unpaired) electrons.